The fourth-order valence-corrected chi connectivity index (χ4v) is 6.28. The second-order valence-electron chi connectivity index (χ2n) is 14.3. The third-order valence-corrected chi connectivity index (χ3v) is 8.99. The summed E-state index contributed by atoms with van der Waals surface area (Å²) in [6.07, 6.45) is 14.5. The lowest BCUT2D eigenvalue weighted by molar-refractivity contribution is -0.143. The van der Waals surface area contributed by atoms with Crippen LogP contribution in [0.15, 0.2) is 60.7 Å². The molecule has 3 aliphatic rings. The molecule has 1 saturated heterocycles. The first-order valence-corrected chi connectivity index (χ1v) is 19.0. The summed E-state index contributed by atoms with van der Waals surface area (Å²) < 4.78 is 44.5. The van der Waals surface area contributed by atoms with Gasteiger partial charge in [-0.25, -0.2) is 9.59 Å². The molecule has 14 heteroatoms. The lowest BCUT2D eigenvalue weighted by Crippen LogP contribution is -2.23. The predicted octanol–water partition coefficient (Wildman–Crippen LogP) is 6.59. The molecule has 0 aliphatic carbocycles. The normalized spacial score (nSPS) is 27.5. The molecule has 0 radical (unpaired) electrons. The minimum Gasteiger partial charge on any atom is -0.508 e. The van der Waals surface area contributed by atoms with Crippen LogP contribution in [0.25, 0.3) is 12.2 Å². The van der Waals surface area contributed by atoms with Crippen molar-refractivity contribution in [2.24, 2.45) is 0 Å². The third kappa shape index (κ3) is 13.7. The number of carbonyl (C=O) groups excluding carboxylic acids is 2. The predicted molar refractivity (Wildman–Crippen MR) is 211 cm³/mol. The maximum Gasteiger partial charge on any atom is 0.342 e. The second-order valence-corrected chi connectivity index (χ2v) is 14.3. The molecule has 6 atom stereocenters. The average molecular weight is 797 g/mol. The Balaban J connectivity index is 0.000000266. The van der Waals surface area contributed by atoms with Crippen molar-refractivity contribution < 1.29 is 67.9 Å². The number of esters is 2. The Labute approximate surface area is 333 Å². The van der Waals surface area contributed by atoms with Gasteiger partial charge < -0.3 is 58.3 Å². The van der Waals surface area contributed by atoms with Crippen molar-refractivity contribution in [3.63, 3.8) is 0 Å². The van der Waals surface area contributed by atoms with Crippen LogP contribution in [0.1, 0.15) is 98.1 Å². The number of methoxy groups -OCH3 is 2. The quantitative estimate of drug-likeness (QED) is 0.139. The van der Waals surface area contributed by atoms with Crippen LogP contribution >= 0.6 is 0 Å². The smallest absolute Gasteiger partial charge is 0.342 e. The van der Waals surface area contributed by atoms with Crippen molar-refractivity contribution >= 4 is 24.1 Å². The van der Waals surface area contributed by atoms with Crippen LogP contribution in [0.2, 0.25) is 0 Å². The van der Waals surface area contributed by atoms with Crippen LogP contribution < -0.4 is 9.47 Å². The van der Waals surface area contributed by atoms with Gasteiger partial charge in [-0.2, -0.15) is 0 Å². The molecule has 2 aromatic rings. The number of benzene rings is 2. The molecule has 57 heavy (non-hydrogen) atoms. The van der Waals surface area contributed by atoms with E-state index in [2.05, 4.69) is 0 Å². The summed E-state index contributed by atoms with van der Waals surface area (Å²) in [6.45, 7) is 7.41. The minimum absolute atomic E-state index is 0.0162. The molecule has 0 amide bonds. The summed E-state index contributed by atoms with van der Waals surface area (Å²) in [7, 11) is 3.05. The molecule has 3 aliphatic heterocycles. The van der Waals surface area contributed by atoms with Crippen molar-refractivity contribution in [2.45, 2.75) is 109 Å². The standard InChI is InChI=1S/C25H34O8.C18H22O6/c1-17-9-8-12-21-20(32-25(2,3)33-21)11-7-6-10-18-13-19(29-15-27-4)14-22(30-16-28-5)23(18)24(26)31-17;1-11-5-4-8-15(21)14(20)7-3-2-6-12-9-13(19)10-16(22)17(12)18(23)24-11/h6,8,10,12-14,17,20-21H,7,9,11,15-16H2,1-5H3;2,4,6,8-11,14-15,19-22H,3,5,7H2,1H3/b10-6+,12-8+;6-2+,8-4+/t17-,20-,21+;11-,14-,15+/m00/s1. The summed E-state index contributed by atoms with van der Waals surface area (Å²) in [5, 5.41) is 39.3. The highest BCUT2D eigenvalue weighted by Gasteiger charge is 2.39. The molecule has 2 aromatic carbocycles. The van der Waals surface area contributed by atoms with Gasteiger partial charge in [0.2, 0.25) is 0 Å². The Morgan fingerprint density at radius 3 is 2.00 bits per heavy atom. The van der Waals surface area contributed by atoms with Gasteiger partial charge in [-0.1, -0.05) is 48.6 Å². The van der Waals surface area contributed by atoms with Crippen LogP contribution in [-0.2, 0) is 28.4 Å². The Morgan fingerprint density at radius 2 is 1.33 bits per heavy atom. The molecular weight excluding hydrogens is 740 g/mol. The highest BCUT2D eigenvalue weighted by molar-refractivity contribution is 5.98. The number of allylic oxidation sites excluding steroid dienone is 2. The van der Waals surface area contributed by atoms with E-state index in [1.165, 1.54) is 26.4 Å². The van der Waals surface area contributed by atoms with E-state index in [9.17, 15) is 30.0 Å². The molecule has 0 saturated carbocycles. The topological polar surface area (TPSA) is 189 Å². The molecular formula is C43H56O14. The number of ether oxygens (including phenoxy) is 8. The van der Waals surface area contributed by atoms with E-state index in [0.717, 1.165) is 18.9 Å². The molecule has 4 N–H and O–H groups in total. The maximum absolute atomic E-state index is 13.2. The zero-order valence-electron chi connectivity index (χ0n) is 33.4. The number of aliphatic hydroxyl groups excluding tert-OH is 2. The van der Waals surface area contributed by atoms with Gasteiger partial charge in [0.25, 0.3) is 0 Å². The van der Waals surface area contributed by atoms with Gasteiger partial charge in [0, 0.05) is 39.2 Å². The third-order valence-electron chi connectivity index (χ3n) is 8.99. The first-order chi connectivity index (χ1) is 27.2. The average Bonchev–Trinajstić information content (AvgIpc) is 3.44. The summed E-state index contributed by atoms with van der Waals surface area (Å²) in [5.41, 5.74) is 1.25. The first kappa shape index (κ1) is 45.0. The van der Waals surface area contributed by atoms with Crippen molar-refractivity contribution in [2.75, 3.05) is 27.8 Å². The van der Waals surface area contributed by atoms with Crippen LogP contribution in [0.3, 0.4) is 0 Å². The number of aromatic hydroxyl groups is 2. The summed E-state index contributed by atoms with van der Waals surface area (Å²) >= 11 is 0. The van der Waals surface area contributed by atoms with Crippen LogP contribution in [0, 0.1) is 0 Å². The molecule has 0 bridgehead atoms. The Morgan fingerprint density at radius 1 is 0.737 bits per heavy atom. The number of carbonyl (C=O) groups is 2. The van der Waals surface area contributed by atoms with Gasteiger partial charge in [-0.05, 0) is 76.6 Å². The lowest BCUT2D eigenvalue weighted by Gasteiger charge is -2.18. The molecule has 3 heterocycles. The number of phenolic OH excluding ortho intramolecular Hbond substituents is 2. The van der Waals surface area contributed by atoms with E-state index in [1.54, 1.807) is 37.3 Å². The highest BCUT2D eigenvalue weighted by atomic mass is 16.8. The van der Waals surface area contributed by atoms with E-state index in [4.69, 9.17) is 37.9 Å². The molecule has 1 fully saturated rings. The van der Waals surface area contributed by atoms with E-state index < -0.39 is 36.0 Å². The number of fused-ring (bicyclic) bond motifs is 3. The van der Waals surface area contributed by atoms with Crippen molar-refractivity contribution in [1.82, 2.24) is 0 Å². The minimum atomic E-state index is -0.982. The number of hydrogen-bond donors (Lipinski definition) is 4. The molecule has 0 aromatic heterocycles. The zero-order chi connectivity index (χ0) is 41.5. The van der Waals surface area contributed by atoms with Gasteiger partial charge in [-0.15, -0.1) is 0 Å². The molecule has 0 unspecified atom stereocenters. The van der Waals surface area contributed by atoms with Crippen LogP contribution in [0.5, 0.6) is 23.0 Å². The van der Waals surface area contributed by atoms with Gasteiger partial charge in [0.05, 0.1) is 18.3 Å². The summed E-state index contributed by atoms with van der Waals surface area (Å²) in [6, 6.07) is 5.84. The van der Waals surface area contributed by atoms with Gasteiger partial charge in [-0.3, -0.25) is 0 Å². The Kier molecular flexibility index (Phi) is 17.2. The fourth-order valence-electron chi connectivity index (χ4n) is 6.28. The molecule has 312 valence electrons. The monoisotopic (exact) mass is 796 g/mol. The SMILES string of the molecule is COCOc1cc2c(c(OCOC)c1)C(=O)O[C@@H](C)C/C=C/[C@H]1OC(C)(C)O[C@H]1CC/C=C/2.C[C@H]1C/C=C/[C@@H](O)[C@@H](O)CC/C=C/c2cc(O)cc(O)c2C(=O)O1. The van der Waals surface area contributed by atoms with Crippen molar-refractivity contribution in [3.05, 3.63) is 83.0 Å². The lowest BCUT2D eigenvalue weighted by atomic mass is 10.0. The number of cyclic esters (lactones) is 2. The summed E-state index contributed by atoms with van der Waals surface area (Å²) in [4.78, 5) is 25.5. The Bertz CT molecular complexity index is 1760. The number of phenols is 2. The van der Waals surface area contributed by atoms with E-state index in [0.29, 0.717) is 53.9 Å². The molecule has 0 spiro atoms. The molecule has 14 nitrogen and oxygen atoms in total. The van der Waals surface area contributed by atoms with E-state index in [1.807, 2.05) is 45.1 Å². The summed E-state index contributed by atoms with van der Waals surface area (Å²) in [5.74, 6) is -1.50. The van der Waals surface area contributed by atoms with Gasteiger partial charge in [0.15, 0.2) is 19.4 Å². The fraction of sp³-hybridized carbons (Fsp3) is 0.488. The van der Waals surface area contributed by atoms with Gasteiger partial charge in [0.1, 0.15) is 52.4 Å². The number of aliphatic hydroxyl groups is 2. The maximum atomic E-state index is 13.2. The van der Waals surface area contributed by atoms with Crippen molar-refractivity contribution in [1.29, 1.82) is 0 Å². The highest BCUT2D eigenvalue weighted by Crippen LogP contribution is 2.34. The number of hydrogen-bond acceptors (Lipinski definition) is 14. The van der Waals surface area contributed by atoms with Crippen LogP contribution in [0.4, 0.5) is 0 Å². The number of rotatable bonds is 6. The molecule has 5 rings (SSSR count). The van der Waals surface area contributed by atoms with Gasteiger partial charge >= 0.3 is 11.9 Å². The Hall–Kier alpha value is -4.70. The van der Waals surface area contributed by atoms with E-state index >= 15 is 0 Å². The second kappa shape index (κ2) is 21.7. The van der Waals surface area contributed by atoms with Crippen LogP contribution in [-0.4, -0.2) is 103 Å². The first-order valence-electron chi connectivity index (χ1n) is 19.0. The zero-order valence-corrected chi connectivity index (χ0v) is 33.4. The van der Waals surface area contributed by atoms with E-state index in [-0.39, 0.29) is 49.0 Å². The van der Waals surface area contributed by atoms with Crippen molar-refractivity contribution in [3.8, 4) is 23.0 Å². The largest absolute Gasteiger partial charge is 0.508 e.